The first-order valence-corrected chi connectivity index (χ1v) is 25.2. The molecule has 1 saturated heterocycles. The summed E-state index contributed by atoms with van der Waals surface area (Å²) in [5, 5.41) is 3.06. The molecule has 3 aromatic heterocycles. The van der Waals surface area contributed by atoms with Crippen LogP contribution in [0.25, 0.3) is 33.2 Å². The number of H-pyrrole nitrogens is 2. The molecule has 1 fully saturated rings. The van der Waals surface area contributed by atoms with Crippen LogP contribution in [0.1, 0.15) is 135 Å². The second-order valence-electron chi connectivity index (χ2n) is 18.1. The molecule has 3 aromatic rings. The minimum absolute atomic E-state index is 0.0659. The van der Waals surface area contributed by atoms with Crippen molar-refractivity contribution < 1.29 is 66.7 Å². The highest BCUT2D eigenvalue weighted by Gasteiger charge is 2.52. The van der Waals surface area contributed by atoms with Crippen molar-refractivity contribution >= 4 is 86.7 Å². The number of carbonyl (C=O) groups excluding carboxylic acids is 7. The fourth-order valence-corrected chi connectivity index (χ4v) is 10.8. The number of rotatable bonds is 18. The topological polar surface area (TPSA) is 253 Å². The lowest BCUT2D eigenvalue weighted by Crippen LogP contribution is -2.61. The Balaban J connectivity index is 1.45. The van der Waals surface area contributed by atoms with Crippen LogP contribution in [0, 0.1) is 13.8 Å². The lowest BCUT2D eigenvalue weighted by Gasteiger charge is -2.44. The molecule has 6 rings (SSSR count). The predicted molar refractivity (Wildman–Crippen MR) is 272 cm³/mol. The lowest BCUT2D eigenvalue weighted by atomic mass is 9.85. The van der Waals surface area contributed by atoms with Crippen LogP contribution in [0.3, 0.4) is 0 Å². The van der Waals surface area contributed by atoms with Gasteiger partial charge in [-0.15, -0.1) is 11.8 Å². The predicted octanol–water partition coefficient (Wildman–Crippen LogP) is 7.10. The highest BCUT2D eigenvalue weighted by molar-refractivity contribution is 7.99. The number of allylic oxidation sites excluding steroid dienone is 3. The monoisotopic (exact) mass is 1030 g/mol. The highest BCUT2D eigenvalue weighted by Crippen LogP contribution is 2.44. The van der Waals surface area contributed by atoms with Gasteiger partial charge in [0.15, 0.2) is 18.3 Å². The number of ether oxygens (including phenoxy) is 7. The molecular formula is C53H65N5O14S. The van der Waals surface area contributed by atoms with E-state index in [9.17, 15) is 33.6 Å². The number of methoxy groups -OCH3 is 2. The van der Waals surface area contributed by atoms with Crippen LogP contribution in [0.15, 0.2) is 30.9 Å². The third-order valence-electron chi connectivity index (χ3n) is 13.2. The Hall–Kier alpha value is -6.80. The molecule has 0 radical (unpaired) electrons. The van der Waals surface area contributed by atoms with Gasteiger partial charge in [0.2, 0.25) is 0 Å². The maximum Gasteiger partial charge on any atom is 0.310 e. The van der Waals surface area contributed by atoms with Crippen LogP contribution in [-0.2, 0) is 74.8 Å². The van der Waals surface area contributed by atoms with Crippen LogP contribution in [0.4, 0.5) is 0 Å². The van der Waals surface area contributed by atoms with Crippen LogP contribution in [0.2, 0.25) is 0 Å². The van der Waals surface area contributed by atoms with Crippen LogP contribution < -0.4 is 5.32 Å². The van der Waals surface area contributed by atoms with Crippen molar-refractivity contribution in [2.75, 3.05) is 33.1 Å². The van der Waals surface area contributed by atoms with E-state index < -0.39 is 77.5 Å². The number of nitrogens with zero attached hydrogens (tertiary/aromatic N) is 2. The van der Waals surface area contributed by atoms with E-state index in [1.54, 1.807) is 6.08 Å². The molecule has 19 nitrogen and oxygen atoms in total. The Morgan fingerprint density at radius 2 is 1.45 bits per heavy atom. The van der Waals surface area contributed by atoms with Gasteiger partial charge in [-0.05, 0) is 86.2 Å². The third-order valence-corrected chi connectivity index (χ3v) is 14.5. The largest absolute Gasteiger partial charge is 0.469 e. The standard InChI is InChI=1S/C53H65N5O14S/c1-13-33-25(3)37-21-39-27(5)35(16-17-44(63)66-11)47(57-39)36(20-45(64)67-12)48-46(28(6)40(58-48)23-42-34(14-2)26(4)38(56-42)22-41(33)55-37)52(65)54-18-15-19-73-53-51(71-32(10)62)50(70-31(9)61)49(69-30(8)60)43(72-53)24-68-29(7)59/h13,21-23,27,35,43,49-51,53,56,58H,1,14-20,24H2,2-12H3,(H,54,65)/t27-,35-,43+,49+,50-,51+,53-/m0/s1. The van der Waals surface area contributed by atoms with Crippen molar-refractivity contribution in [2.45, 2.75) is 136 Å². The number of amides is 1. The molecule has 6 heterocycles. The minimum Gasteiger partial charge on any atom is -0.469 e. The molecule has 392 valence electrons. The fourth-order valence-electron chi connectivity index (χ4n) is 9.60. The first kappa shape index (κ1) is 55.5. The van der Waals surface area contributed by atoms with Gasteiger partial charge in [-0.25, -0.2) is 4.98 Å². The number of aromatic nitrogens is 4. The average molecular weight is 1030 g/mol. The summed E-state index contributed by atoms with van der Waals surface area (Å²) in [5.41, 5.74) is 9.36. The van der Waals surface area contributed by atoms with E-state index in [0.717, 1.165) is 52.8 Å². The highest BCUT2D eigenvalue weighted by atomic mass is 32.2. The van der Waals surface area contributed by atoms with Crippen molar-refractivity contribution in [3.8, 4) is 0 Å². The summed E-state index contributed by atoms with van der Waals surface area (Å²) in [7, 11) is 2.62. The second-order valence-corrected chi connectivity index (χ2v) is 19.3. The normalized spacial score (nSPS) is 20.4. The number of carbonyl (C=O) groups is 7. The van der Waals surface area contributed by atoms with Crippen molar-refractivity contribution in [1.82, 2.24) is 25.3 Å². The maximum atomic E-state index is 14.8. The Morgan fingerprint density at radius 3 is 2.08 bits per heavy atom. The summed E-state index contributed by atoms with van der Waals surface area (Å²) in [6.07, 6.45) is -2.02. The molecule has 20 heteroatoms. The van der Waals surface area contributed by atoms with Gasteiger partial charge in [-0.1, -0.05) is 26.5 Å². The molecule has 1 amide bonds. The molecule has 3 aliphatic rings. The first-order valence-electron chi connectivity index (χ1n) is 24.1. The van der Waals surface area contributed by atoms with Gasteiger partial charge in [0.05, 0.1) is 48.8 Å². The molecular weight excluding hydrogens is 963 g/mol. The van der Waals surface area contributed by atoms with Crippen LogP contribution in [0.5, 0.6) is 0 Å². The van der Waals surface area contributed by atoms with Gasteiger partial charge in [0, 0.05) is 85.9 Å². The molecule has 0 saturated carbocycles. The first-order chi connectivity index (χ1) is 34.7. The van der Waals surface area contributed by atoms with Crippen molar-refractivity contribution in [1.29, 1.82) is 0 Å². The Kier molecular flexibility index (Phi) is 18.5. The molecule has 0 spiro atoms. The number of hydrogen-bond acceptors (Lipinski definition) is 17. The molecule has 73 heavy (non-hydrogen) atoms. The summed E-state index contributed by atoms with van der Waals surface area (Å²) < 4.78 is 38.5. The van der Waals surface area contributed by atoms with E-state index in [1.165, 1.54) is 39.8 Å². The van der Waals surface area contributed by atoms with Crippen molar-refractivity contribution in [3.05, 3.63) is 81.4 Å². The van der Waals surface area contributed by atoms with E-state index in [0.29, 0.717) is 64.3 Å². The Morgan fingerprint density at radius 1 is 0.795 bits per heavy atom. The molecule has 8 bridgehead atoms. The van der Waals surface area contributed by atoms with Crippen molar-refractivity contribution in [2.24, 2.45) is 0 Å². The maximum absolute atomic E-state index is 14.8. The number of aryl methyl sites for hydroxylation is 3. The van der Waals surface area contributed by atoms with E-state index >= 15 is 0 Å². The third kappa shape index (κ3) is 12.7. The van der Waals surface area contributed by atoms with Gasteiger partial charge in [0.25, 0.3) is 5.91 Å². The lowest BCUT2D eigenvalue weighted by molar-refractivity contribution is -0.237. The quantitative estimate of drug-likeness (QED) is 0.0652. The molecule has 3 aliphatic heterocycles. The molecule has 3 N–H and O–H groups in total. The molecule has 7 atom stereocenters. The van der Waals surface area contributed by atoms with Gasteiger partial charge in [0.1, 0.15) is 18.1 Å². The fraction of sp³-hybridized carbons (Fsp3) is 0.491. The summed E-state index contributed by atoms with van der Waals surface area (Å²) in [6.45, 7) is 18.5. The SMILES string of the molecule is C=CC1=C(C)c2cc3nc(c(CC(=O)OC)c4[nH]c(cc5[nH]c(cc1n2)c(C)c5CC)c(C)c4C(=O)NCCCS[C@@H]1O[C@H](COC(C)=O)[C@@H](OC(C)=O)[C@H](OC(C)=O)[C@H]1OC(C)=O)[C@@H](CCC(=O)OC)[C@@H]3C. The van der Waals surface area contributed by atoms with E-state index in [1.807, 2.05) is 45.9 Å². The molecule has 0 aliphatic carbocycles. The molecule has 0 unspecified atom stereocenters. The zero-order chi connectivity index (χ0) is 53.4. The van der Waals surface area contributed by atoms with Gasteiger partial charge in [-0.2, -0.15) is 0 Å². The van der Waals surface area contributed by atoms with Gasteiger partial charge < -0.3 is 48.4 Å². The minimum atomic E-state index is -1.32. The Bertz CT molecular complexity index is 2880. The number of nitrogens with one attached hydrogen (secondary N) is 3. The van der Waals surface area contributed by atoms with E-state index in [2.05, 4.69) is 28.8 Å². The Labute approximate surface area is 427 Å². The van der Waals surface area contributed by atoms with Crippen LogP contribution in [-0.4, -0.2) is 125 Å². The number of hydrogen-bond donors (Lipinski definition) is 3. The number of thioether (sulfide) groups is 1. The number of esters is 6. The van der Waals surface area contributed by atoms with E-state index in [-0.39, 0.29) is 37.5 Å². The summed E-state index contributed by atoms with van der Waals surface area (Å²) >= 11 is 1.19. The van der Waals surface area contributed by atoms with Gasteiger partial charge >= 0.3 is 35.8 Å². The van der Waals surface area contributed by atoms with Crippen LogP contribution >= 0.6 is 11.8 Å². The number of fused-ring (bicyclic) bond motifs is 8. The second kappa shape index (κ2) is 24.3. The zero-order valence-electron chi connectivity index (χ0n) is 43.2. The summed E-state index contributed by atoms with van der Waals surface area (Å²) in [6, 6.07) is 5.90. The van der Waals surface area contributed by atoms with Gasteiger partial charge in [-0.3, -0.25) is 38.5 Å². The smallest absolute Gasteiger partial charge is 0.310 e. The van der Waals surface area contributed by atoms with Crippen molar-refractivity contribution in [3.63, 3.8) is 0 Å². The average Bonchev–Trinajstić information content (AvgIpc) is 4.02. The molecule has 0 aromatic carbocycles. The number of aromatic amines is 2. The summed E-state index contributed by atoms with van der Waals surface area (Å²) in [5.74, 6) is -4.64. The zero-order valence-corrected chi connectivity index (χ0v) is 44.0. The summed E-state index contributed by atoms with van der Waals surface area (Å²) in [4.78, 5) is 107. The van der Waals surface area contributed by atoms with E-state index in [4.69, 9.17) is 43.1 Å².